The minimum Gasteiger partial charge on any atom is -0.395 e. The number of carbonyl (C=O) groups excluding carboxylic acids is 1. The molecule has 0 aliphatic heterocycles. The van der Waals surface area contributed by atoms with Crippen molar-refractivity contribution in [2.24, 2.45) is 0 Å². The Morgan fingerprint density at radius 2 is 2.37 bits per heavy atom. The summed E-state index contributed by atoms with van der Waals surface area (Å²) in [6.07, 6.45) is 3.79. The van der Waals surface area contributed by atoms with Crippen molar-refractivity contribution in [1.82, 2.24) is 25.7 Å². The predicted molar refractivity (Wildman–Crippen MR) is 68.2 cm³/mol. The highest BCUT2D eigenvalue weighted by Crippen LogP contribution is 2.42. The summed E-state index contributed by atoms with van der Waals surface area (Å²) in [6, 6.07) is 3.55. The van der Waals surface area contributed by atoms with Crippen molar-refractivity contribution in [3.05, 3.63) is 35.4 Å². The van der Waals surface area contributed by atoms with Gasteiger partial charge < -0.3 is 11.1 Å². The number of aromatic amines is 1. The molecule has 0 bridgehead atoms. The highest BCUT2D eigenvalue weighted by molar-refractivity contribution is 5.97. The zero-order chi connectivity index (χ0) is 13.2. The van der Waals surface area contributed by atoms with Crippen molar-refractivity contribution in [2.45, 2.75) is 25.3 Å². The zero-order valence-electron chi connectivity index (χ0n) is 10.3. The monoisotopic (exact) mass is 258 g/mol. The molecule has 0 radical (unpaired) electrons. The molecule has 0 aromatic carbocycles. The second-order valence-corrected chi connectivity index (χ2v) is 4.57. The van der Waals surface area contributed by atoms with Crippen LogP contribution in [0.15, 0.2) is 18.3 Å². The van der Waals surface area contributed by atoms with Gasteiger partial charge in [-0.3, -0.25) is 9.89 Å². The number of hydrogen-bond acceptors (Lipinski definition) is 5. The maximum atomic E-state index is 12.0. The molecule has 1 saturated carbocycles. The topological polar surface area (TPSA) is 110 Å². The van der Waals surface area contributed by atoms with Crippen LogP contribution in [0.1, 0.15) is 40.6 Å². The highest BCUT2D eigenvalue weighted by atomic mass is 16.1. The Bertz CT molecular complexity index is 590. The van der Waals surface area contributed by atoms with Gasteiger partial charge in [0.25, 0.3) is 5.91 Å². The molecule has 0 unspecified atom stereocenters. The third-order valence-electron chi connectivity index (χ3n) is 3.09. The van der Waals surface area contributed by atoms with Crippen LogP contribution in [-0.2, 0) is 6.54 Å². The van der Waals surface area contributed by atoms with Gasteiger partial charge in [0.05, 0.1) is 23.6 Å². The molecule has 2 heterocycles. The summed E-state index contributed by atoms with van der Waals surface area (Å²) in [4.78, 5) is 12.0. The average Bonchev–Trinajstić information content (AvgIpc) is 3.20. The van der Waals surface area contributed by atoms with Gasteiger partial charge >= 0.3 is 0 Å². The minimum absolute atomic E-state index is 0.255. The van der Waals surface area contributed by atoms with Crippen molar-refractivity contribution in [2.75, 3.05) is 5.73 Å². The zero-order valence-corrected chi connectivity index (χ0v) is 10.3. The molecule has 2 aromatic heterocycles. The van der Waals surface area contributed by atoms with Gasteiger partial charge in [0.1, 0.15) is 0 Å². The molecule has 4 N–H and O–H groups in total. The van der Waals surface area contributed by atoms with Gasteiger partial charge in [-0.05, 0) is 25.0 Å². The molecule has 1 amide bonds. The lowest BCUT2D eigenvalue weighted by atomic mass is 10.2. The van der Waals surface area contributed by atoms with Gasteiger partial charge in [0, 0.05) is 12.1 Å². The van der Waals surface area contributed by atoms with Gasteiger partial charge in [-0.1, -0.05) is 0 Å². The maximum absolute atomic E-state index is 12.0. The SMILES string of the molecule is Nc1c(C(=O)NCc2cccnn2)n[nH]c1C1CC1. The molecule has 19 heavy (non-hydrogen) atoms. The van der Waals surface area contributed by atoms with Crippen LogP contribution in [0, 0.1) is 0 Å². The van der Waals surface area contributed by atoms with E-state index in [1.165, 1.54) is 0 Å². The van der Waals surface area contributed by atoms with Gasteiger partial charge in [-0.25, -0.2) is 0 Å². The number of anilines is 1. The standard InChI is InChI=1S/C12H14N6O/c13-9-10(7-3-4-7)17-18-11(9)12(19)14-6-8-2-1-5-15-16-8/h1-2,5,7H,3-4,6,13H2,(H,14,19)(H,17,18). The van der Waals surface area contributed by atoms with E-state index >= 15 is 0 Å². The fourth-order valence-electron chi connectivity index (χ4n) is 1.90. The number of nitrogens with one attached hydrogen (secondary N) is 2. The molecular formula is C12H14N6O. The van der Waals surface area contributed by atoms with Gasteiger partial charge in [0.2, 0.25) is 0 Å². The number of rotatable bonds is 4. The first-order valence-corrected chi connectivity index (χ1v) is 6.14. The first-order chi connectivity index (χ1) is 9.25. The summed E-state index contributed by atoms with van der Waals surface area (Å²) >= 11 is 0. The van der Waals surface area contributed by atoms with Crippen LogP contribution >= 0.6 is 0 Å². The summed E-state index contributed by atoms with van der Waals surface area (Å²) in [6.45, 7) is 0.303. The highest BCUT2D eigenvalue weighted by Gasteiger charge is 2.30. The van der Waals surface area contributed by atoms with E-state index in [1.54, 1.807) is 18.3 Å². The van der Waals surface area contributed by atoms with Crippen LogP contribution in [0.25, 0.3) is 0 Å². The predicted octanol–water partition coefficient (Wildman–Crippen LogP) is 0.589. The minimum atomic E-state index is -0.300. The Labute approximate surface area is 109 Å². The van der Waals surface area contributed by atoms with E-state index < -0.39 is 0 Å². The summed E-state index contributed by atoms with van der Waals surface area (Å²) in [5.41, 5.74) is 8.21. The summed E-state index contributed by atoms with van der Waals surface area (Å²) in [5, 5.41) is 17.2. The number of hydrogen-bond donors (Lipinski definition) is 3. The van der Waals surface area contributed by atoms with Crippen molar-refractivity contribution in [3.8, 4) is 0 Å². The van der Waals surface area contributed by atoms with Gasteiger partial charge in [-0.2, -0.15) is 15.3 Å². The van der Waals surface area contributed by atoms with Crippen LogP contribution in [0.4, 0.5) is 5.69 Å². The van der Waals surface area contributed by atoms with Crippen LogP contribution in [0.3, 0.4) is 0 Å². The van der Waals surface area contributed by atoms with E-state index in [2.05, 4.69) is 25.7 Å². The number of nitrogen functional groups attached to an aromatic ring is 1. The van der Waals surface area contributed by atoms with E-state index in [-0.39, 0.29) is 11.6 Å². The third-order valence-corrected chi connectivity index (χ3v) is 3.09. The van der Waals surface area contributed by atoms with Crippen molar-refractivity contribution >= 4 is 11.6 Å². The quantitative estimate of drug-likeness (QED) is 0.743. The first-order valence-electron chi connectivity index (χ1n) is 6.14. The number of nitrogens with two attached hydrogens (primary N) is 1. The molecule has 0 atom stereocenters. The number of H-pyrrole nitrogens is 1. The summed E-state index contributed by atoms with van der Waals surface area (Å²) < 4.78 is 0. The van der Waals surface area contributed by atoms with Gasteiger partial charge in [0.15, 0.2) is 5.69 Å². The smallest absolute Gasteiger partial charge is 0.274 e. The fourth-order valence-corrected chi connectivity index (χ4v) is 1.90. The largest absolute Gasteiger partial charge is 0.395 e. The summed E-state index contributed by atoms with van der Waals surface area (Å²) in [7, 11) is 0. The van der Waals surface area contributed by atoms with Crippen LogP contribution in [0.2, 0.25) is 0 Å². The third kappa shape index (κ3) is 2.40. The molecule has 3 rings (SSSR count). The van der Waals surface area contributed by atoms with Gasteiger partial charge in [-0.15, -0.1) is 0 Å². The second-order valence-electron chi connectivity index (χ2n) is 4.57. The van der Waals surface area contributed by atoms with E-state index in [0.29, 0.717) is 23.8 Å². The van der Waals surface area contributed by atoms with E-state index in [1.807, 2.05) is 0 Å². The Morgan fingerprint density at radius 3 is 3.05 bits per heavy atom. The Morgan fingerprint density at radius 1 is 1.53 bits per heavy atom. The van der Waals surface area contributed by atoms with Crippen molar-refractivity contribution in [1.29, 1.82) is 0 Å². The molecule has 1 aliphatic carbocycles. The van der Waals surface area contributed by atoms with Crippen LogP contribution in [0.5, 0.6) is 0 Å². The maximum Gasteiger partial charge on any atom is 0.274 e. The molecule has 0 spiro atoms. The Balaban J connectivity index is 1.67. The number of amides is 1. The van der Waals surface area contributed by atoms with Crippen LogP contribution in [-0.4, -0.2) is 26.3 Å². The normalized spacial score (nSPS) is 14.3. The molecule has 7 heteroatoms. The Hall–Kier alpha value is -2.44. The molecule has 1 fully saturated rings. The molecule has 2 aromatic rings. The lowest BCUT2D eigenvalue weighted by Crippen LogP contribution is -2.24. The number of nitrogens with zero attached hydrogens (tertiary/aromatic N) is 3. The van der Waals surface area contributed by atoms with Crippen molar-refractivity contribution in [3.63, 3.8) is 0 Å². The first kappa shape index (κ1) is 11.6. The van der Waals surface area contributed by atoms with E-state index in [0.717, 1.165) is 18.5 Å². The molecule has 98 valence electrons. The number of carbonyl (C=O) groups is 1. The number of aromatic nitrogens is 4. The lowest BCUT2D eigenvalue weighted by molar-refractivity contribution is 0.0946. The van der Waals surface area contributed by atoms with Crippen molar-refractivity contribution < 1.29 is 4.79 Å². The molecule has 0 saturated heterocycles. The van der Waals surface area contributed by atoms with Crippen LogP contribution < -0.4 is 11.1 Å². The lowest BCUT2D eigenvalue weighted by Gasteiger charge is -2.02. The molecule has 1 aliphatic rings. The average molecular weight is 258 g/mol. The van der Waals surface area contributed by atoms with E-state index in [9.17, 15) is 4.79 Å². The fraction of sp³-hybridized carbons (Fsp3) is 0.333. The molecular weight excluding hydrogens is 244 g/mol. The molecule has 7 nitrogen and oxygen atoms in total. The Kier molecular flexibility index (Phi) is 2.86. The second kappa shape index (κ2) is 4.68. The summed E-state index contributed by atoms with van der Waals surface area (Å²) in [5.74, 6) is 0.139. The van der Waals surface area contributed by atoms with E-state index in [4.69, 9.17) is 5.73 Å².